The number of hydrogen-bond acceptors (Lipinski definition) is 2. The van der Waals surface area contributed by atoms with Gasteiger partial charge in [-0.05, 0) is 57.4 Å². The standard InChI is InChI=1S/C18H26ClN3O2/c1-18(2,22-10-4-3-5-11-22)13-21-16(23)12-20-17(24)14-6-8-15(19)9-7-14/h6-9H,3-5,10-13H2,1-2H3,(H,20,24)(H,21,23)/p+1. The average Bonchev–Trinajstić information content (AvgIpc) is 2.59. The monoisotopic (exact) mass is 352 g/mol. The molecule has 1 aliphatic heterocycles. The smallest absolute Gasteiger partial charge is 0.251 e. The normalized spacial score (nSPS) is 15.8. The summed E-state index contributed by atoms with van der Waals surface area (Å²) in [7, 11) is 0. The molecule has 0 bridgehead atoms. The summed E-state index contributed by atoms with van der Waals surface area (Å²) in [5.41, 5.74) is 0.501. The first-order chi connectivity index (χ1) is 11.4. The largest absolute Gasteiger partial charge is 0.348 e. The molecule has 1 saturated heterocycles. The molecule has 1 aliphatic rings. The van der Waals surface area contributed by atoms with Crippen molar-refractivity contribution in [3.05, 3.63) is 34.9 Å². The van der Waals surface area contributed by atoms with Crippen LogP contribution in [0.25, 0.3) is 0 Å². The fraction of sp³-hybridized carbons (Fsp3) is 0.556. The molecule has 0 radical (unpaired) electrons. The predicted molar refractivity (Wildman–Crippen MR) is 95.4 cm³/mol. The molecule has 0 aromatic heterocycles. The Morgan fingerprint density at radius 2 is 1.71 bits per heavy atom. The Hall–Kier alpha value is -1.59. The summed E-state index contributed by atoms with van der Waals surface area (Å²) in [5.74, 6) is -0.440. The third-order valence-corrected chi connectivity index (χ3v) is 4.91. The van der Waals surface area contributed by atoms with Gasteiger partial charge in [-0.25, -0.2) is 0 Å². The molecule has 1 aromatic rings. The molecule has 0 unspecified atom stereocenters. The second-order valence-corrected chi connectivity index (χ2v) is 7.45. The molecule has 5 nitrogen and oxygen atoms in total. The summed E-state index contributed by atoms with van der Waals surface area (Å²) in [6.45, 7) is 7.28. The Labute approximate surface area is 148 Å². The fourth-order valence-electron chi connectivity index (χ4n) is 3.03. The Bertz CT molecular complexity index is 566. The van der Waals surface area contributed by atoms with E-state index < -0.39 is 0 Å². The van der Waals surface area contributed by atoms with Crippen LogP contribution in [0.2, 0.25) is 5.02 Å². The molecule has 0 aliphatic carbocycles. The highest BCUT2D eigenvalue weighted by molar-refractivity contribution is 6.30. The lowest BCUT2D eigenvalue weighted by Gasteiger charge is -2.37. The molecule has 1 fully saturated rings. The van der Waals surface area contributed by atoms with Gasteiger partial charge in [0.2, 0.25) is 5.91 Å². The van der Waals surface area contributed by atoms with Gasteiger partial charge in [0.25, 0.3) is 5.91 Å². The van der Waals surface area contributed by atoms with E-state index >= 15 is 0 Å². The maximum atomic E-state index is 12.0. The van der Waals surface area contributed by atoms with E-state index in [1.165, 1.54) is 19.3 Å². The second kappa shape index (κ2) is 8.49. The van der Waals surface area contributed by atoms with Gasteiger partial charge in [0.05, 0.1) is 26.2 Å². The lowest BCUT2D eigenvalue weighted by Crippen LogP contribution is -3.20. The van der Waals surface area contributed by atoms with E-state index in [4.69, 9.17) is 11.6 Å². The number of amides is 2. The number of hydrogen-bond donors (Lipinski definition) is 3. The molecule has 2 rings (SSSR count). The highest BCUT2D eigenvalue weighted by atomic mass is 35.5. The summed E-state index contributed by atoms with van der Waals surface area (Å²) in [4.78, 5) is 25.5. The van der Waals surface area contributed by atoms with Crippen molar-refractivity contribution in [1.29, 1.82) is 0 Å². The van der Waals surface area contributed by atoms with E-state index in [1.807, 2.05) is 0 Å². The Morgan fingerprint density at radius 3 is 2.33 bits per heavy atom. The molecular weight excluding hydrogens is 326 g/mol. The Morgan fingerprint density at radius 1 is 1.08 bits per heavy atom. The molecule has 6 heteroatoms. The van der Waals surface area contributed by atoms with E-state index in [9.17, 15) is 9.59 Å². The van der Waals surface area contributed by atoms with E-state index in [0.717, 1.165) is 13.1 Å². The zero-order chi connectivity index (χ0) is 17.6. The topological polar surface area (TPSA) is 62.6 Å². The number of rotatable bonds is 6. The zero-order valence-corrected chi connectivity index (χ0v) is 15.2. The van der Waals surface area contributed by atoms with Crippen molar-refractivity contribution in [2.45, 2.75) is 38.6 Å². The van der Waals surface area contributed by atoms with Crippen molar-refractivity contribution in [3.8, 4) is 0 Å². The number of piperidine rings is 1. The van der Waals surface area contributed by atoms with Gasteiger partial charge in [-0.15, -0.1) is 0 Å². The van der Waals surface area contributed by atoms with Crippen LogP contribution in [0.3, 0.4) is 0 Å². The van der Waals surface area contributed by atoms with Crippen molar-refractivity contribution < 1.29 is 14.5 Å². The fourth-order valence-corrected chi connectivity index (χ4v) is 3.15. The summed E-state index contributed by atoms with van der Waals surface area (Å²) >= 11 is 5.79. The number of benzene rings is 1. The molecule has 0 atom stereocenters. The first-order valence-corrected chi connectivity index (χ1v) is 8.92. The quantitative estimate of drug-likeness (QED) is 0.716. The van der Waals surface area contributed by atoms with Crippen LogP contribution in [0.4, 0.5) is 0 Å². The van der Waals surface area contributed by atoms with Gasteiger partial charge in [-0.2, -0.15) is 0 Å². The van der Waals surface area contributed by atoms with Gasteiger partial charge >= 0.3 is 0 Å². The minimum absolute atomic E-state index is 0.0102. The lowest BCUT2D eigenvalue weighted by molar-refractivity contribution is -0.951. The average molecular weight is 353 g/mol. The first kappa shape index (κ1) is 18.7. The Balaban J connectivity index is 1.74. The number of carbonyl (C=O) groups is 2. The van der Waals surface area contributed by atoms with Crippen LogP contribution in [-0.2, 0) is 4.79 Å². The first-order valence-electron chi connectivity index (χ1n) is 8.54. The van der Waals surface area contributed by atoms with Gasteiger partial charge < -0.3 is 15.5 Å². The number of carbonyl (C=O) groups excluding carboxylic acids is 2. The molecule has 1 heterocycles. The van der Waals surface area contributed by atoms with Gasteiger partial charge in [-0.3, -0.25) is 9.59 Å². The molecule has 0 saturated carbocycles. The zero-order valence-electron chi connectivity index (χ0n) is 14.5. The number of nitrogens with one attached hydrogen (secondary N) is 3. The molecule has 132 valence electrons. The summed E-state index contributed by atoms with van der Waals surface area (Å²) in [5, 5.41) is 6.15. The van der Waals surface area contributed by atoms with Crippen LogP contribution in [0.15, 0.2) is 24.3 Å². The molecule has 0 spiro atoms. The van der Waals surface area contributed by atoms with Gasteiger partial charge in [0.1, 0.15) is 5.54 Å². The van der Waals surface area contributed by atoms with Gasteiger partial charge in [0.15, 0.2) is 0 Å². The van der Waals surface area contributed by atoms with Crippen LogP contribution < -0.4 is 15.5 Å². The van der Waals surface area contributed by atoms with Crippen LogP contribution in [0, 0.1) is 0 Å². The molecule has 1 aromatic carbocycles. The molecule has 3 N–H and O–H groups in total. The predicted octanol–water partition coefficient (Wildman–Crippen LogP) is 1.03. The van der Waals surface area contributed by atoms with Gasteiger partial charge in [-0.1, -0.05) is 11.6 Å². The Kier molecular flexibility index (Phi) is 6.63. The number of halogens is 1. The third kappa shape index (κ3) is 5.49. The summed E-state index contributed by atoms with van der Waals surface area (Å²) in [6, 6.07) is 6.58. The van der Waals surface area contributed by atoms with Crippen molar-refractivity contribution >= 4 is 23.4 Å². The third-order valence-electron chi connectivity index (χ3n) is 4.66. The second-order valence-electron chi connectivity index (χ2n) is 7.01. The van der Waals surface area contributed by atoms with Crippen LogP contribution in [-0.4, -0.2) is 43.5 Å². The van der Waals surface area contributed by atoms with Crippen LogP contribution in [0.5, 0.6) is 0 Å². The number of quaternary nitrogens is 1. The minimum Gasteiger partial charge on any atom is -0.348 e. The SMILES string of the molecule is CC(C)(CNC(=O)CNC(=O)c1ccc(Cl)cc1)[NH+]1CCCCC1. The summed E-state index contributed by atoms with van der Waals surface area (Å²) in [6.07, 6.45) is 3.82. The highest BCUT2D eigenvalue weighted by Gasteiger charge is 2.32. The number of likely N-dealkylation sites (tertiary alicyclic amines) is 1. The highest BCUT2D eigenvalue weighted by Crippen LogP contribution is 2.09. The minimum atomic E-state index is -0.275. The van der Waals surface area contributed by atoms with Crippen LogP contribution in [0.1, 0.15) is 43.5 Å². The van der Waals surface area contributed by atoms with Crippen molar-refractivity contribution in [3.63, 3.8) is 0 Å². The maximum Gasteiger partial charge on any atom is 0.251 e. The van der Waals surface area contributed by atoms with E-state index in [0.29, 0.717) is 17.1 Å². The van der Waals surface area contributed by atoms with Crippen molar-refractivity contribution in [1.82, 2.24) is 10.6 Å². The van der Waals surface area contributed by atoms with Gasteiger partial charge in [0, 0.05) is 10.6 Å². The maximum absolute atomic E-state index is 12.0. The molecular formula is C18H27ClN3O2+. The van der Waals surface area contributed by atoms with E-state index in [2.05, 4.69) is 24.5 Å². The molecule has 24 heavy (non-hydrogen) atoms. The van der Waals surface area contributed by atoms with E-state index in [1.54, 1.807) is 29.2 Å². The van der Waals surface area contributed by atoms with Crippen LogP contribution >= 0.6 is 11.6 Å². The summed E-state index contributed by atoms with van der Waals surface area (Å²) < 4.78 is 0. The van der Waals surface area contributed by atoms with Crippen molar-refractivity contribution in [2.24, 2.45) is 0 Å². The molecule has 2 amide bonds. The lowest BCUT2D eigenvalue weighted by atomic mass is 9.98. The van der Waals surface area contributed by atoms with E-state index in [-0.39, 0.29) is 23.9 Å². The van der Waals surface area contributed by atoms with Crippen molar-refractivity contribution in [2.75, 3.05) is 26.2 Å².